The highest BCUT2D eigenvalue weighted by atomic mass is 16.5. The summed E-state index contributed by atoms with van der Waals surface area (Å²) in [6, 6.07) is 11.0. The van der Waals surface area contributed by atoms with E-state index in [1.54, 1.807) is 7.11 Å². The number of aromatic nitrogens is 1. The number of ether oxygens (including phenoxy) is 2. The minimum atomic E-state index is -0.197. The lowest BCUT2D eigenvalue weighted by Gasteiger charge is -2.35. The van der Waals surface area contributed by atoms with E-state index >= 15 is 0 Å². The van der Waals surface area contributed by atoms with E-state index in [9.17, 15) is 10.0 Å². The lowest BCUT2D eigenvalue weighted by Crippen LogP contribution is -2.43. The fraction of sp³-hybridized carbons (Fsp3) is 0.368. The zero-order valence-electron chi connectivity index (χ0n) is 14.8. The largest absolute Gasteiger partial charge is 0.619 e. The van der Waals surface area contributed by atoms with Crippen LogP contribution in [0.2, 0.25) is 0 Å². The lowest BCUT2D eigenvalue weighted by molar-refractivity contribution is -0.605. The molecule has 7 heteroatoms. The van der Waals surface area contributed by atoms with Crippen molar-refractivity contribution in [2.24, 2.45) is 0 Å². The smallest absolute Gasteiger partial charge is 0.251 e. The van der Waals surface area contributed by atoms with Crippen molar-refractivity contribution in [2.75, 3.05) is 40.0 Å². The van der Waals surface area contributed by atoms with Crippen LogP contribution in [-0.4, -0.2) is 50.8 Å². The highest BCUT2D eigenvalue weighted by Crippen LogP contribution is 2.23. The van der Waals surface area contributed by atoms with Gasteiger partial charge in [0.05, 0.1) is 31.9 Å². The summed E-state index contributed by atoms with van der Waals surface area (Å²) in [6.45, 7) is 3.46. The van der Waals surface area contributed by atoms with E-state index < -0.39 is 0 Å². The first-order chi connectivity index (χ1) is 12.7. The maximum Gasteiger partial charge on any atom is 0.251 e. The molecule has 1 N–H and O–H groups in total. The second-order valence-corrected chi connectivity index (χ2v) is 6.09. The van der Waals surface area contributed by atoms with Crippen LogP contribution in [0.4, 0.5) is 0 Å². The summed E-state index contributed by atoms with van der Waals surface area (Å²) in [4.78, 5) is 14.7. The molecule has 1 saturated heterocycles. The standard InChI is InChI=1S/C19H23N3O4/c1-25-17-4-2-15(3-5-17)18(21-10-12-26-13-11-21)14-20-19(23)16-6-8-22(24)9-7-16/h2-9,18H,10-14H2,1H3,(H,20,23). The number of pyridine rings is 1. The summed E-state index contributed by atoms with van der Waals surface area (Å²) < 4.78 is 11.3. The number of carbonyl (C=O) groups excluding carboxylic acids is 1. The number of carbonyl (C=O) groups is 1. The Hall–Kier alpha value is -2.64. The molecule has 26 heavy (non-hydrogen) atoms. The number of amides is 1. The van der Waals surface area contributed by atoms with E-state index in [0.717, 1.165) is 24.4 Å². The molecule has 1 aliphatic rings. The van der Waals surface area contributed by atoms with Crippen molar-refractivity contribution in [1.82, 2.24) is 10.2 Å². The second kappa shape index (κ2) is 8.64. The zero-order valence-corrected chi connectivity index (χ0v) is 14.8. The Balaban J connectivity index is 1.72. The van der Waals surface area contributed by atoms with E-state index in [-0.39, 0.29) is 11.9 Å². The van der Waals surface area contributed by atoms with E-state index in [0.29, 0.717) is 30.1 Å². The van der Waals surface area contributed by atoms with Crippen LogP contribution >= 0.6 is 0 Å². The number of rotatable bonds is 6. The molecule has 2 heterocycles. The van der Waals surface area contributed by atoms with Gasteiger partial charge in [-0.25, -0.2) is 0 Å². The molecule has 1 atom stereocenters. The van der Waals surface area contributed by atoms with E-state index in [1.165, 1.54) is 24.5 Å². The zero-order chi connectivity index (χ0) is 18.4. The van der Waals surface area contributed by atoms with Crippen molar-refractivity contribution in [3.63, 3.8) is 0 Å². The molecule has 0 radical (unpaired) electrons. The highest BCUT2D eigenvalue weighted by Gasteiger charge is 2.23. The summed E-state index contributed by atoms with van der Waals surface area (Å²) in [6.07, 6.45) is 2.63. The molecular formula is C19H23N3O4. The Kier molecular flexibility index (Phi) is 6.04. The molecule has 138 valence electrons. The molecule has 1 amide bonds. The van der Waals surface area contributed by atoms with Gasteiger partial charge in [0.15, 0.2) is 12.4 Å². The van der Waals surface area contributed by atoms with Gasteiger partial charge >= 0.3 is 0 Å². The Morgan fingerprint density at radius 1 is 1.23 bits per heavy atom. The number of hydrogen-bond acceptors (Lipinski definition) is 5. The SMILES string of the molecule is COc1ccc(C(CNC(=O)c2cc[n+]([O-])cc2)N2CCOCC2)cc1. The van der Waals surface area contributed by atoms with Crippen LogP contribution in [-0.2, 0) is 4.74 Å². The maximum absolute atomic E-state index is 12.4. The number of nitrogens with one attached hydrogen (secondary N) is 1. The van der Waals surface area contributed by atoms with Gasteiger partial charge in [0.25, 0.3) is 5.91 Å². The molecule has 1 aromatic heterocycles. The third-order valence-corrected chi connectivity index (χ3v) is 4.51. The first kappa shape index (κ1) is 18.2. The maximum atomic E-state index is 12.4. The molecule has 0 bridgehead atoms. The first-order valence-electron chi connectivity index (χ1n) is 8.60. The van der Waals surface area contributed by atoms with Gasteiger partial charge in [-0.1, -0.05) is 12.1 Å². The van der Waals surface area contributed by atoms with Gasteiger partial charge in [0.2, 0.25) is 0 Å². The van der Waals surface area contributed by atoms with Gasteiger partial charge in [0, 0.05) is 31.8 Å². The third kappa shape index (κ3) is 4.50. The van der Waals surface area contributed by atoms with Crippen LogP contribution in [0.25, 0.3) is 0 Å². The van der Waals surface area contributed by atoms with Crippen LogP contribution in [0.5, 0.6) is 5.75 Å². The Labute approximate surface area is 152 Å². The molecule has 1 aliphatic heterocycles. The van der Waals surface area contributed by atoms with Gasteiger partial charge in [-0.2, -0.15) is 4.73 Å². The molecular weight excluding hydrogens is 334 g/mol. The second-order valence-electron chi connectivity index (χ2n) is 6.09. The summed E-state index contributed by atoms with van der Waals surface area (Å²) in [5, 5.41) is 14.1. The molecule has 1 unspecified atom stereocenters. The lowest BCUT2D eigenvalue weighted by atomic mass is 10.0. The van der Waals surface area contributed by atoms with Crippen molar-refractivity contribution in [2.45, 2.75) is 6.04 Å². The quantitative estimate of drug-likeness (QED) is 0.619. The number of methoxy groups -OCH3 is 1. The van der Waals surface area contributed by atoms with Gasteiger partial charge < -0.3 is 20.0 Å². The van der Waals surface area contributed by atoms with Crippen molar-refractivity contribution in [1.29, 1.82) is 0 Å². The molecule has 1 aromatic carbocycles. The van der Waals surface area contributed by atoms with E-state index in [2.05, 4.69) is 10.2 Å². The Morgan fingerprint density at radius 3 is 2.50 bits per heavy atom. The van der Waals surface area contributed by atoms with Crippen molar-refractivity contribution >= 4 is 5.91 Å². The normalized spacial score (nSPS) is 16.0. The summed E-state index contributed by atoms with van der Waals surface area (Å²) >= 11 is 0. The van der Waals surface area contributed by atoms with E-state index in [1.807, 2.05) is 24.3 Å². The van der Waals surface area contributed by atoms with Crippen LogP contribution in [0.1, 0.15) is 22.0 Å². The van der Waals surface area contributed by atoms with Crippen LogP contribution in [0.3, 0.4) is 0 Å². The van der Waals surface area contributed by atoms with Gasteiger partial charge in [-0.15, -0.1) is 0 Å². The predicted molar refractivity (Wildman–Crippen MR) is 95.9 cm³/mol. The molecule has 0 spiro atoms. The average molecular weight is 357 g/mol. The van der Waals surface area contributed by atoms with Crippen LogP contribution in [0, 0.1) is 5.21 Å². The molecule has 0 saturated carbocycles. The number of hydrogen-bond donors (Lipinski definition) is 1. The highest BCUT2D eigenvalue weighted by molar-refractivity contribution is 5.93. The Morgan fingerprint density at radius 2 is 1.88 bits per heavy atom. The molecule has 0 aliphatic carbocycles. The molecule has 1 fully saturated rings. The number of nitrogens with zero attached hydrogens (tertiary/aromatic N) is 2. The fourth-order valence-electron chi connectivity index (χ4n) is 3.03. The topological polar surface area (TPSA) is 77.7 Å². The third-order valence-electron chi connectivity index (χ3n) is 4.51. The van der Waals surface area contributed by atoms with Gasteiger partial charge in [0.1, 0.15) is 5.75 Å². The first-order valence-corrected chi connectivity index (χ1v) is 8.60. The summed E-state index contributed by atoms with van der Waals surface area (Å²) in [5.41, 5.74) is 1.58. The van der Waals surface area contributed by atoms with Crippen LogP contribution in [0.15, 0.2) is 48.8 Å². The minimum Gasteiger partial charge on any atom is -0.619 e. The fourth-order valence-corrected chi connectivity index (χ4v) is 3.03. The van der Waals surface area contributed by atoms with Crippen molar-refractivity contribution in [3.05, 3.63) is 65.1 Å². The van der Waals surface area contributed by atoms with Gasteiger partial charge in [-0.3, -0.25) is 9.69 Å². The van der Waals surface area contributed by atoms with E-state index in [4.69, 9.17) is 9.47 Å². The minimum absolute atomic E-state index is 0.0434. The molecule has 3 rings (SSSR count). The monoisotopic (exact) mass is 357 g/mol. The van der Waals surface area contributed by atoms with Gasteiger partial charge in [-0.05, 0) is 17.7 Å². The molecule has 2 aromatic rings. The summed E-state index contributed by atoms with van der Waals surface area (Å²) in [5.74, 6) is 0.603. The Bertz CT molecular complexity index is 713. The van der Waals surface area contributed by atoms with Crippen LogP contribution < -0.4 is 14.8 Å². The predicted octanol–water partition coefficient (Wildman–Crippen LogP) is 1.13. The number of benzene rings is 1. The van der Waals surface area contributed by atoms with Crippen molar-refractivity contribution < 1.29 is 19.0 Å². The molecule has 7 nitrogen and oxygen atoms in total. The number of morpholine rings is 1. The van der Waals surface area contributed by atoms with Crippen molar-refractivity contribution in [3.8, 4) is 5.75 Å². The summed E-state index contributed by atoms with van der Waals surface area (Å²) in [7, 11) is 1.64. The average Bonchev–Trinajstić information content (AvgIpc) is 2.70.